The number of primary amides is 1. The van der Waals surface area contributed by atoms with Crippen LogP contribution in [0.25, 0.3) is 11.1 Å². The fraction of sp³-hybridized carbons (Fsp3) is 0.348. The molecule has 2 aliphatic rings. The van der Waals surface area contributed by atoms with Gasteiger partial charge in [-0.15, -0.1) is 0 Å². The zero-order chi connectivity index (χ0) is 22.7. The van der Waals surface area contributed by atoms with Crippen LogP contribution in [0.4, 0.5) is 4.39 Å². The number of fused-ring (bicyclic) bond motifs is 3. The Morgan fingerprint density at radius 1 is 1.31 bits per heavy atom. The first kappa shape index (κ1) is 21.7. The average Bonchev–Trinajstić information content (AvgIpc) is 3.08. The van der Waals surface area contributed by atoms with E-state index in [9.17, 15) is 19.2 Å². The quantitative estimate of drug-likeness (QED) is 0.648. The number of ether oxygens (including phenoxy) is 2. The minimum atomic E-state index is -0.920. The Morgan fingerprint density at radius 2 is 2.16 bits per heavy atom. The average molecular weight is 438 g/mol. The zero-order valence-electron chi connectivity index (χ0n) is 17.3. The molecule has 2 aromatic rings. The third-order valence-electron chi connectivity index (χ3n) is 5.55. The van der Waals surface area contributed by atoms with Crippen LogP contribution in [0.15, 0.2) is 30.3 Å². The van der Waals surface area contributed by atoms with E-state index in [2.05, 4.69) is 10.6 Å². The summed E-state index contributed by atoms with van der Waals surface area (Å²) in [7, 11) is 0. The molecule has 0 radical (unpaired) electrons. The molecule has 9 heteroatoms. The highest BCUT2D eigenvalue weighted by molar-refractivity contribution is 5.94. The normalized spacial score (nSPS) is 18.2. The van der Waals surface area contributed by atoms with Crippen molar-refractivity contribution in [2.45, 2.75) is 31.6 Å². The van der Waals surface area contributed by atoms with Crippen molar-refractivity contribution in [3.8, 4) is 22.9 Å². The van der Waals surface area contributed by atoms with Crippen LogP contribution in [0.5, 0.6) is 5.75 Å². The topological polar surface area (TPSA) is 126 Å². The van der Waals surface area contributed by atoms with Gasteiger partial charge in [-0.05, 0) is 53.9 Å². The molecule has 0 aromatic heterocycles. The number of halogens is 1. The lowest BCUT2D eigenvalue weighted by molar-refractivity contribution is -0.132. The summed E-state index contributed by atoms with van der Waals surface area (Å²) in [5.41, 5.74) is 7.98. The summed E-state index contributed by atoms with van der Waals surface area (Å²) in [6.07, 6.45) is 0.101. The van der Waals surface area contributed by atoms with Crippen molar-refractivity contribution in [2.75, 3.05) is 19.7 Å². The molecule has 0 aliphatic carbocycles. The molecule has 32 heavy (non-hydrogen) atoms. The summed E-state index contributed by atoms with van der Waals surface area (Å²) < 4.78 is 26.2. The number of amides is 2. The monoisotopic (exact) mass is 438 g/mol. The Kier molecular flexibility index (Phi) is 6.35. The van der Waals surface area contributed by atoms with E-state index >= 15 is 0 Å². The first-order chi connectivity index (χ1) is 15.5. The van der Waals surface area contributed by atoms with Crippen molar-refractivity contribution in [3.05, 3.63) is 52.8 Å². The second-order valence-corrected chi connectivity index (χ2v) is 7.78. The lowest BCUT2D eigenvalue weighted by Gasteiger charge is -2.23. The number of carbonyl (C=O) groups is 2. The minimum Gasteiger partial charge on any atom is -0.488 e. The van der Waals surface area contributed by atoms with Crippen LogP contribution in [0.3, 0.4) is 0 Å². The van der Waals surface area contributed by atoms with E-state index in [1.165, 1.54) is 6.07 Å². The van der Waals surface area contributed by atoms with Gasteiger partial charge < -0.3 is 25.8 Å². The van der Waals surface area contributed by atoms with E-state index in [4.69, 9.17) is 15.2 Å². The van der Waals surface area contributed by atoms with E-state index < -0.39 is 29.8 Å². The largest absolute Gasteiger partial charge is 0.488 e. The lowest BCUT2D eigenvalue weighted by Crippen LogP contribution is -2.46. The van der Waals surface area contributed by atoms with Crippen molar-refractivity contribution in [1.82, 2.24) is 10.6 Å². The van der Waals surface area contributed by atoms with Crippen LogP contribution in [0, 0.1) is 17.1 Å². The van der Waals surface area contributed by atoms with Gasteiger partial charge in [0.15, 0.2) is 0 Å². The number of nitriles is 1. The summed E-state index contributed by atoms with van der Waals surface area (Å²) >= 11 is 0. The maximum Gasteiger partial charge on any atom is 0.251 e. The Labute approximate surface area is 184 Å². The number of rotatable bonds is 5. The number of hydrogen-bond donors (Lipinski definition) is 3. The minimum absolute atomic E-state index is 0.0155. The highest BCUT2D eigenvalue weighted by atomic mass is 19.1. The van der Waals surface area contributed by atoms with E-state index in [1.54, 1.807) is 24.3 Å². The van der Waals surface area contributed by atoms with Crippen LogP contribution in [-0.2, 0) is 22.6 Å². The van der Waals surface area contributed by atoms with Gasteiger partial charge in [-0.2, -0.15) is 5.26 Å². The predicted molar refractivity (Wildman–Crippen MR) is 113 cm³/mol. The maximum atomic E-state index is 14.9. The first-order valence-electron chi connectivity index (χ1n) is 10.4. The molecule has 8 nitrogen and oxygen atoms in total. The molecule has 4 rings (SSSR count). The molecule has 2 aliphatic heterocycles. The Bertz CT molecular complexity index is 1090. The van der Waals surface area contributed by atoms with Crippen molar-refractivity contribution in [3.63, 3.8) is 0 Å². The number of nitrogens with two attached hydrogens (primary N) is 1. The van der Waals surface area contributed by atoms with Gasteiger partial charge in [-0.3, -0.25) is 9.59 Å². The summed E-state index contributed by atoms with van der Waals surface area (Å²) in [6.45, 7) is 1.79. The molecule has 2 amide bonds. The smallest absolute Gasteiger partial charge is 0.251 e. The lowest BCUT2D eigenvalue weighted by atomic mass is 9.93. The van der Waals surface area contributed by atoms with Gasteiger partial charge in [0.2, 0.25) is 5.91 Å². The van der Waals surface area contributed by atoms with Crippen molar-refractivity contribution < 1.29 is 23.5 Å². The molecule has 2 heterocycles. The summed E-state index contributed by atoms with van der Waals surface area (Å²) in [4.78, 5) is 23.9. The standard InChI is InChI=1S/C23H23FN4O4/c24-19-9-18-17-3-2-13(22(26)29)6-15(17)12-32-20(18)8-14(19)7-16(10-25)28-23(30)21-11-27-4-1-5-31-21/h2-3,6,8-9,16,21,27H,1,4-5,7,11-12H2,(H2,26,29)(H,28,30)/t16-,21+/m1/s1. The van der Waals surface area contributed by atoms with Crippen LogP contribution in [0.2, 0.25) is 0 Å². The summed E-state index contributed by atoms with van der Waals surface area (Å²) in [5, 5.41) is 15.3. The second kappa shape index (κ2) is 9.34. The molecule has 4 N–H and O–H groups in total. The van der Waals surface area contributed by atoms with Gasteiger partial charge in [0.05, 0.1) is 6.07 Å². The third kappa shape index (κ3) is 4.56. The van der Waals surface area contributed by atoms with Gasteiger partial charge in [0.1, 0.15) is 30.3 Å². The molecule has 2 atom stereocenters. The van der Waals surface area contributed by atoms with E-state index in [0.29, 0.717) is 30.0 Å². The predicted octanol–water partition coefficient (Wildman–Crippen LogP) is 1.41. The number of nitrogens with one attached hydrogen (secondary N) is 2. The number of hydrogen-bond acceptors (Lipinski definition) is 6. The van der Waals surface area contributed by atoms with E-state index in [-0.39, 0.29) is 18.6 Å². The van der Waals surface area contributed by atoms with Crippen LogP contribution in [-0.4, -0.2) is 43.7 Å². The molecular weight excluding hydrogens is 415 g/mol. The molecule has 0 bridgehead atoms. The molecular formula is C23H23FN4O4. The van der Waals surface area contributed by atoms with Crippen LogP contribution < -0.4 is 21.1 Å². The van der Waals surface area contributed by atoms with Crippen molar-refractivity contribution in [2.24, 2.45) is 5.73 Å². The van der Waals surface area contributed by atoms with E-state index in [0.717, 1.165) is 24.1 Å². The second-order valence-electron chi connectivity index (χ2n) is 7.78. The highest BCUT2D eigenvalue weighted by Gasteiger charge is 2.26. The fourth-order valence-corrected chi connectivity index (χ4v) is 3.86. The third-order valence-corrected chi connectivity index (χ3v) is 5.55. The SMILES string of the molecule is N#C[C@@H](Cc1cc2c(cc1F)-c1ccc(C(N)=O)cc1CO2)NC(=O)[C@@H]1CNCCCO1. The molecule has 166 valence electrons. The van der Waals surface area contributed by atoms with Gasteiger partial charge >= 0.3 is 0 Å². The molecule has 1 fully saturated rings. The summed E-state index contributed by atoms with van der Waals surface area (Å²) in [5.74, 6) is -0.990. The van der Waals surface area contributed by atoms with Crippen molar-refractivity contribution >= 4 is 11.8 Å². The first-order valence-corrected chi connectivity index (χ1v) is 10.4. The molecule has 0 spiro atoms. The number of nitrogens with zero attached hydrogens (tertiary/aromatic N) is 1. The van der Waals surface area contributed by atoms with Crippen molar-refractivity contribution in [1.29, 1.82) is 5.26 Å². The number of benzene rings is 2. The van der Waals surface area contributed by atoms with Crippen LogP contribution in [0.1, 0.15) is 27.9 Å². The van der Waals surface area contributed by atoms with E-state index in [1.807, 2.05) is 6.07 Å². The Balaban J connectivity index is 1.52. The summed E-state index contributed by atoms with van der Waals surface area (Å²) in [6, 6.07) is 8.94. The molecule has 0 saturated carbocycles. The van der Waals surface area contributed by atoms with Crippen LogP contribution >= 0.6 is 0 Å². The fourth-order valence-electron chi connectivity index (χ4n) is 3.86. The molecule has 1 saturated heterocycles. The van der Waals surface area contributed by atoms with Gasteiger partial charge in [0.25, 0.3) is 5.91 Å². The maximum absolute atomic E-state index is 14.9. The molecule has 0 unspecified atom stereocenters. The highest BCUT2D eigenvalue weighted by Crippen LogP contribution is 2.39. The zero-order valence-corrected chi connectivity index (χ0v) is 17.3. The van der Waals surface area contributed by atoms with Gasteiger partial charge in [-0.25, -0.2) is 4.39 Å². The van der Waals surface area contributed by atoms with Gasteiger partial charge in [0, 0.05) is 30.7 Å². The Hall–Kier alpha value is -3.48. The molecule has 2 aromatic carbocycles. The number of carbonyl (C=O) groups excluding carboxylic acids is 2. The Morgan fingerprint density at radius 3 is 2.94 bits per heavy atom. The van der Waals surface area contributed by atoms with Gasteiger partial charge in [-0.1, -0.05) is 6.07 Å².